The molecule has 4 aromatic rings. The molecule has 0 aliphatic heterocycles. The number of benzene rings is 1. The second-order valence-electron chi connectivity index (χ2n) is 5.55. The number of carbonyl (C=O) groups excluding carboxylic acids is 1. The molecule has 4 rings (SSSR count). The van der Waals surface area contributed by atoms with Gasteiger partial charge in [0.05, 0.1) is 5.56 Å². The molecule has 0 fully saturated rings. The maximum absolute atomic E-state index is 12.6. The fraction of sp³-hybridized carbons (Fsp3) is 0.0556. The van der Waals surface area contributed by atoms with Crippen LogP contribution in [0.1, 0.15) is 16.1 Å². The second kappa shape index (κ2) is 6.07. The number of aromatic nitrogens is 3. The largest absolute Gasteiger partial charge is 0.451 e. The molecule has 0 radical (unpaired) electrons. The fourth-order valence-corrected chi connectivity index (χ4v) is 2.89. The van der Waals surface area contributed by atoms with Crippen molar-refractivity contribution in [2.45, 2.75) is 6.92 Å². The van der Waals surface area contributed by atoms with Gasteiger partial charge in [0.15, 0.2) is 12.0 Å². The number of nitrogens with zero attached hydrogens (tertiary/aromatic N) is 3. The number of hydrogen-bond acceptors (Lipinski definition) is 4. The molecule has 7 heteroatoms. The lowest BCUT2D eigenvalue weighted by Gasteiger charge is -2.06. The average Bonchev–Trinajstić information content (AvgIpc) is 3.25. The third-order valence-corrected chi connectivity index (χ3v) is 4.09. The normalized spacial score (nSPS) is 11.0. The first-order chi connectivity index (χ1) is 12.1. The minimum absolute atomic E-state index is 0.245. The van der Waals surface area contributed by atoms with E-state index >= 15 is 0 Å². The van der Waals surface area contributed by atoms with Crippen molar-refractivity contribution in [2.24, 2.45) is 0 Å². The molecule has 0 aliphatic carbocycles. The number of fused-ring (bicyclic) bond motifs is 1. The lowest BCUT2D eigenvalue weighted by Crippen LogP contribution is -2.12. The molecule has 0 saturated carbocycles. The summed E-state index contributed by atoms with van der Waals surface area (Å²) in [5.74, 6) is -0.245. The Morgan fingerprint density at radius 3 is 2.76 bits per heavy atom. The van der Waals surface area contributed by atoms with Crippen molar-refractivity contribution in [3.8, 4) is 11.3 Å². The molecule has 0 saturated heterocycles. The van der Waals surface area contributed by atoms with E-state index in [4.69, 9.17) is 16.0 Å². The summed E-state index contributed by atoms with van der Waals surface area (Å²) in [5.41, 5.74) is 4.23. The highest BCUT2D eigenvalue weighted by molar-refractivity contribution is 6.29. The Hall–Kier alpha value is -3.12. The number of amides is 1. The Labute approximate surface area is 148 Å². The summed E-state index contributed by atoms with van der Waals surface area (Å²) in [6.07, 6.45) is 4.75. The SMILES string of the molecule is Cc1cc(Cl)nc2c(C(=O)Nc3ccc(-c4cocn4)cc3)ccn12. The molecule has 1 amide bonds. The molecule has 1 N–H and O–H groups in total. The van der Waals surface area contributed by atoms with Crippen molar-refractivity contribution in [3.63, 3.8) is 0 Å². The molecular weight excluding hydrogens is 340 g/mol. The molecule has 25 heavy (non-hydrogen) atoms. The Bertz CT molecular complexity index is 1050. The van der Waals surface area contributed by atoms with Crippen LogP contribution >= 0.6 is 11.6 Å². The minimum atomic E-state index is -0.245. The molecule has 1 aromatic carbocycles. The topological polar surface area (TPSA) is 72.4 Å². The van der Waals surface area contributed by atoms with Crippen LogP contribution in [0.25, 0.3) is 16.9 Å². The van der Waals surface area contributed by atoms with E-state index in [0.29, 0.717) is 22.1 Å². The average molecular weight is 353 g/mol. The van der Waals surface area contributed by atoms with Crippen LogP contribution in [-0.2, 0) is 0 Å². The van der Waals surface area contributed by atoms with Gasteiger partial charge in [-0.15, -0.1) is 0 Å². The zero-order chi connectivity index (χ0) is 17.4. The molecule has 0 atom stereocenters. The number of oxazole rings is 1. The Morgan fingerprint density at radius 1 is 1.24 bits per heavy atom. The first-order valence-electron chi connectivity index (χ1n) is 7.56. The highest BCUT2D eigenvalue weighted by Crippen LogP contribution is 2.21. The predicted molar refractivity (Wildman–Crippen MR) is 94.8 cm³/mol. The van der Waals surface area contributed by atoms with Crippen molar-refractivity contribution in [1.29, 1.82) is 0 Å². The number of hydrogen-bond donors (Lipinski definition) is 1. The van der Waals surface area contributed by atoms with E-state index in [1.807, 2.05) is 35.6 Å². The lowest BCUT2D eigenvalue weighted by molar-refractivity contribution is 0.102. The maximum atomic E-state index is 12.6. The summed E-state index contributed by atoms with van der Waals surface area (Å²) >= 11 is 6.01. The Morgan fingerprint density at radius 2 is 2.04 bits per heavy atom. The van der Waals surface area contributed by atoms with Crippen LogP contribution in [-0.4, -0.2) is 20.3 Å². The van der Waals surface area contributed by atoms with E-state index in [2.05, 4.69) is 15.3 Å². The quantitative estimate of drug-likeness (QED) is 0.561. The van der Waals surface area contributed by atoms with Crippen LogP contribution < -0.4 is 5.32 Å². The van der Waals surface area contributed by atoms with Gasteiger partial charge in [-0.3, -0.25) is 4.79 Å². The van der Waals surface area contributed by atoms with E-state index in [0.717, 1.165) is 17.0 Å². The summed E-state index contributed by atoms with van der Waals surface area (Å²) in [4.78, 5) is 20.9. The van der Waals surface area contributed by atoms with E-state index < -0.39 is 0 Å². The minimum Gasteiger partial charge on any atom is -0.451 e. The highest BCUT2D eigenvalue weighted by Gasteiger charge is 2.15. The summed E-state index contributed by atoms with van der Waals surface area (Å²) in [5, 5.41) is 3.22. The number of anilines is 1. The first-order valence-corrected chi connectivity index (χ1v) is 7.94. The number of carbonyl (C=O) groups is 1. The van der Waals surface area contributed by atoms with E-state index in [-0.39, 0.29) is 5.91 Å². The van der Waals surface area contributed by atoms with Gasteiger partial charge in [-0.05, 0) is 31.2 Å². The molecule has 6 nitrogen and oxygen atoms in total. The smallest absolute Gasteiger partial charge is 0.259 e. The number of nitrogens with one attached hydrogen (secondary N) is 1. The van der Waals surface area contributed by atoms with Gasteiger partial charge in [-0.1, -0.05) is 23.7 Å². The van der Waals surface area contributed by atoms with Gasteiger partial charge < -0.3 is 14.1 Å². The summed E-state index contributed by atoms with van der Waals surface area (Å²) in [7, 11) is 0. The van der Waals surface area contributed by atoms with Gasteiger partial charge in [0, 0.05) is 23.1 Å². The zero-order valence-electron chi connectivity index (χ0n) is 13.2. The van der Waals surface area contributed by atoms with Gasteiger partial charge in [-0.25, -0.2) is 9.97 Å². The van der Waals surface area contributed by atoms with Crippen LogP contribution in [0.2, 0.25) is 5.15 Å². The van der Waals surface area contributed by atoms with E-state index in [9.17, 15) is 4.79 Å². The number of halogens is 1. The molecule has 124 valence electrons. The molecule has 3 aromatic heterocycles. The zero-order valence-corrected chi connectivity index (χ0v) is 14.0. The third kappa shape index (κ3) is 2.88. The number of rotatable bonds is 3. The molecule has 0 aliphatic rings. The van der Waals surface area contributed by atoms with Gasteiger partial charge in [0.2, 0.25) is 0 Å². The Balaban J connectivity index is 1.60. The Kier molecular flexibility index (Phi) is 3.74. The molecule has 0 bridgehead atoms. The van der Waals surface area contributed by atoms with Crippen LogP contribution in [0.5, 0.6) is 0 Å². The first kappa shape index (κ1) is 15.4. The van der Waals surface area contributed by atoms with Crippen molar-refractivity contribution in [2.75, 3.05) is 5.32 Å². The lowest BCUT2D eigenvalue weighted by atomic mass is 10.1. The molecule has 3 heterocycles. The molecule has 0 spiro atoms. The maximum Gasteiger partial charge on any atom is 0.259 e. The van der Waals surface area contributed by atoms with Crippen LogP contribution in [0.15, 0.2) is 59.7 Å². The monoisotopic (exact) mass is 352 g/mol. The predicted octanol–water partition coefficient (Wildman–Crippen LogP) is 4.20. The van der Waals surface area contributed by atoms with Gasteiger partial charge in [0.25, 0.3) is 5.91 Å². The number of aryl methyl sites for hydroxylation is 1. The van der Waals surface area contributed by atoms with Crippen molar-refractivity contribution in [1.82, 2.24) is 14.4 Å². The summed E-state index contributed by atoms with van der Waals surface area (Å²) < 4.78 is 6.80. The summed E-state index contributed by atoms with van der Waals surface area (Å²) in [6.45, 7) is 1.91. The standard InChI is InChI=1S/C18H13ClN4O2/c1-11-8-16(19)22-17-14(6-7-23(11)17)18(24)21-13-4-2-12(3-5-13)15-9-25-10-20-15/h2-10H,1H3,(H,21,24). The molecular formula is C18H13ClN4O2. The van der Waals surface area contributed by atoms with Gasteiger partial charge in [0.1, 0.15) is 17.1 Å². The fourth-order valence-electron chi connectivity index (χ4n) is 2.65. The van der Waals surface area contributed by atoms with Gasteiger partial charge >= 0.3 is 0 Å². The molecule has 0 unspecified atom stereocenters. The second-order valence-corrected chi connectivity index (χ2v) is 5.94. The van der Waals surface area contributed by atoms with E-state index in [1.54, 1.807) is 24.6 Å². The summed E-state index contributed by atoms with van der Waals surface area (Å²) in [6, 6.07) is 10.8. The van der Waals surface area contributed by atoms with Crippen molar-refractivity contribution >= 4 is 28.8 Å². The van der Waals surface area contributed by atoms with E-state index in [1.165, 1.54) is 6.39 Å². The van der Waals surface area contributed by atoms with Crippen molar-refractivity contribution in [3.05, 3.63) is 71.7 Å². The van der Waals surface area contributed by atoms with Gasteiger partial charge in [-0.2, -0.15) is 0 Å². The highest BCUT2D eigenvalue weighted by atomic mass is 35.5. The third-order valence-electron chi connectivity index (χ3n) is 3.90. The van der Waals surface area contributed by atoms with Crippen molar-refractivity contribution < 1.29 is 9.21 Å². The van der Waals surface area contributed by atoms with Crippen LogP contribution in [0.3, 0.4) is 0 Å². The van der Waals surface area contributed by atoms with Crippen LogP contribution in [0, 0.1) is 6.92 Å². The van der Waals surface area contributed by atoms with Crippen LogP contribution in [0.4, 0.5) is 5.69 Å².